The molecule has 0 aliphatic rings. The highest BCUT2D eigenvalue weighted by Gasteiger charge is 2.13. The van der Waals surface area contributed by atoms with E-state index in [0.717, 1.165) is 38.8 Å². The van der Waals surface area contributed by atoms with E-state index in [1.807, 2.05) is 58.0 Å². The fraction of sp³-hybridized carbons (Fsp3) is 0.227. The van der Waals surface area contributed by atoms with Gasteiger partial charge in [0.25, 0.3) is 0 Å². The molecule has 0 bridgehead atoms. The van der Waals surface area contributed by atoms with Crippen molar-refractivity contribution in [3.8, 4) is 6.07 Å². The number of aryl methyl sites for hydroxylation is 4. The molecule has 27 heavy (non-hydrogen) atoms. The van der Waals surface area contributed by atoms with Crippen molar-refractivity contribution >= 4 is 34.3 Å². The summed E-state index contributed by atoms with van der Waals surface area (Å²) in [6.07, 6.45) is 0. The Bertz CT molecular complexity index is 1060. The minimum Gasteiger partial charge on any atom is -0.325 e. The Morgan fingerprint density at radius 1 is 1.11 bits per heavy atom. The number of nitrogens with zero attached hydrogens (tertiary/aromatic N) is 2. The van der Waals surface area contributed by atoms with Gasteiger partial charge in [-0.25, -0.2) is 4.98 Å². The lowest BCUT2D eigenvalue weighted by molar-refractivity contribution is -0.113. The number of para-hydroxylation sites is 1. The number of hydrogen-bond acceptors (Lipinski definition) is 4. The van der Waals surface area contributed by atoms with Crippen LogP contribution in [0.15, 0.2) is 41.4 Å². The van der Waals surface area contributed by atoms with Gasteiger partial charge in [-0.2, -0.15) is 5.26 Å². The topological polar surface area (TPSA) is 65.8 Å². The maximum Gasteiger partial charge on any atom is 0.234 e. The van der Waals surface area contributed by atoms with Gasteiger partial charge in [-0.05, 0) is 62.1 Å². The van der Waals surface area contributed by atoms with Crippen LogP contribution >= 0.6 is 11.8 Å². The van der Waals surface area contributed by atoms with Gasteiger partial charge in [0.2, 0.25) is 5.91 Å². The molecule has 0 fully saturated rings. The summed E-state index contributed by atoms with van der Waals surface area (Å²) in [6.45, 7) is 7.98. The minimum atomic E-state index is -0.108. The molecular formula is C22H21N3OS. The summed E-state index contributed by atoms with van der Waals surface area (Å²) in [4.78, 5) is 17.1. The number of pyridine rings is 1. The lowest BCUT2D eigenvalue weighted by Gasteiger charge is -2.12. The predicted molar refractivity (Wildman–Crippen MR) is 111 cm³/mol. The molecule has 0 unspecified atom stereocenters. The predicted octanol–water partition coefficient (Wildman–Crippen LogP) is 5.07. The zero-order valence-electron chi connectivity index (χ0n) is 15.9. The average molecular weight is 375 g/mol. The summed E-state index contributed by atoms with van der Waals surface area (Å²) in [5.74, 6) is 0.0924. The fourth-order valence-electron chi connectivity index (χ4n) is 3.12. The number of hydrogen-bond donors (Lipinski definition) is 1. The molecule has 0 saturated carbocycles. The third kappa shape index (κ3) is 4.12. The number of rotatable bonds is 4. The fourth-order valence-corrected chi connectivity index (χ4v) is 3.89. The number of carbonyl (C=O) groups excluding carboxylic acids is 1. The first kappa shape index (κ1) is 18.9. The molecule has 0 atom stereocenters. The van der Waals surface area contributed by atoms with E-state index in [9.17, 15) is 10.1 Å². The molecule has 0 radical (unpaired) electrons. The van der Waals surface area contributed by atoms with Crippen LogP contribution in [0.5, 0.6) is 0 Å². The number of amides is 1. The Labute approximate surface area is 163 Å². The Balaban J connectivity index is 1.82. The maximum atomic E-state index is 12.4. The van der Waals surface area contributed by atoms with Gasteiger partial charge < -0.3 is 5.32 Å². The van der Waals surface area contributed by atoms with Gasteiger partial charge in [0, 0.05) is 11.1 Å². The molecule has 0 spiro atoms. The first-order valence-electron chi connectivity index (χ1n) is 8.70. The lowest BCUT2D eigenvalue weighted by atomic mass is 10.1. The molecule has 0 aliphatic carbocycles. The van der Waals surface area contributed by atoms with E-state index in [2.05, 4.69) is 22.4 Å². The second-order valence-electron chi connectivity index (χ2n) is 6.71. The van der Waals surface area contributed by atoms with Crippen molar-refractivity contribution in [2.24, 2.45) is 0 Å². The first-order valence-corrected chi connectivity index (χ1v) is 9.68. The van der Waals surface area contributed by atoms with Crippen molar-refractivity contribution in [2.45, 2.75) is 32.7 Å². The van der Waals surface area contributed by atoms with Crippen LogP contribution in [0.25, 0.3) is 10.9 Å². The molecule has 1 aromatic heterocycles. The lowest BCUT2D eigenvalue weighted by Crippen LogP contribution is -2.16. The molecular weight excluding hydrogens is 354 g/mol. The van der Waals surface area contributed by atoms with E-state index < -0.39 is 0 Å². The van der Waals surface area contributed by atoms with Crippen LogP contribution in [0.2, 0.25) is 0 Å². The number of thioether (sulfide) groups is 1. The summed E-state index contributed by atoms with van der Waals surface area (Å²) >= 11 is 1.29. The van der Waals surface area contributed by atoms with Crippen molar-refractivity contribution in [2.75, 3.05) is 11.1 Å². The van der Waals surface area contributed by atoms with E-state index in [4.69, 9.17) is 0 Å². The molecule has 1 N–H and O–H groups in total. The van der Waals surface area contributed by atoms with Crippen LogP contribution in [-0.4, -0.2) is 16.6 Å². The molecule has 0 aliphatic heterocycles. The van der Waals surface area contributed by atoms with Crippen molar-refractivity contribution < 1.29 is 4.79 Å². The highest BCUT2D eigenvalue weighted by atomic mass is 32.2. The summed E-state index contributed by atoms with van der Waals surface area (Å²) in [6, 6.07) is 14.1. The zero-order valence-corrected chi connectivity index (χ0v) is 16.7. The number of nitriles is 1. The van der Waals surface area contributed by atoms with Crippen LogP contribution < -0.4 is 5.32 Å². The SMILES string of the molecule is Cc1cc(C)c2cc(C#N)c(SCC(=O)Nc3c(C)cccc3C)nc2c1. The monoisotopic (exact) mass is 375 g/mol. The third-order valence-electron chi connectivity index (χ3n) is 4.46. The Hall–Kier alpha value is -2.84. The molecule has 3 rings (SSSR count). The molecule has 5 heteroatoms. The van der Waals surface area contributed by atoms with Gasteiger partial charge in [-0.1, -0.05) is 36.0 Å². The molecule has 4 nitrogen and oxygen atoms in total. The number of nitrogens with one attached hydrogen (secondary N) is 1. The smallest absolute Gasteiger partial charge is 0.234 e. The Morgan fingerprint density at radius 2 is 1.81 bits per heavy atom. The Kier molecular flexibility index (Phi) is 5.48. The summed E-state index contributed by atoms with van der Waals surface area (Å²) in [5.41, 5.74) is 6.48. The summed E-state index contributed by atoms with van der Waals surface area (Å²) in [7, 11) is 0. The van der Waals surface area contributed by atoms with Crippen LogP contribution in [0.1, 0.15) is 27.8 Å². The third-order valence-corrected chi connectivity index (χ3v) is 5.45. The van der Waals surface area contributed by atoms with Gasteiger partial charge in [0.1, 0.15) is 11.1 Å². The standard InChI is InChI=1S/C22H21N3OS/c1-13-8-16(4)18-10-17(11-23)22(24-19(18)9-13)27-12-20(26)25-21-14(2)6-5-7-15(21)3/h5-10H,12H2,1-4H3,(H,25,26). The molecule has 2 aromatic carbocycles. The van der Waals surface area contributed by atoms with E-state index in [1.54, 1.807) is 0 Å². The molecule has 0 saturated heterocycles. The highest BCUT2D eigenvalue weighted by molar-refractivity contribution is 8.00. The maximum absolute atomic E-state index is 12.4. The zero-order chi connectivity index (χ0) is 19.6. The van der Waals surface area contributed by atoms with Gasteiger partial charge >= 0.3 is 0 Å². The quantitative estimate of drug-likeness (QED) is 0.647. The van der Waals surface area contributed by atoms with Gasteiger partial charge in [-0.3, -0.25) is 4.79 Å². The van der Waals surface area contributed by atoms with Gasteiger partial charge in [0.05, 0.1) is 16.8 Å². The summed E-state index contributed by atoms with van der Waals surface area (Å²) < 4.78 is 0. The molecule has 136 valence electrons. The summed E-state index contributed by atoms with van der Waals surface area (Å²) in [5, 5.41) is 14.0. The highest BCUT2D eigenvalue weighted by Crippen LogP contribution is 2.28. The van der Waals surface area contributed by atoms with Crippen LogP contribution in [0.4, 0.5) is 5.69 Å². The number of aromatic nitrogens is 1. The van der Waals surface area contributed by atoms with Crippen molar-refractivity contribution in [3.63, 3.8) is 0 Å². The average Bonchev–Trinajstić information content (AvgIpc) is 2.62. The van der Waals surface area contributed by atoms with Crippen molar-refractivity contribution in [1.29, 1.82) is 5.26 Å². The molecule has 3 aromatic rings. The van der Waals surface area contributed by atoms with E-state index in [1.165, 1.54) is 11.8 Å². The second kappa shape index (κ2) is 7.81. The van der Waals surface area contributed by atoms with Crippen molar-refractivity contribution in [1.82, 2.24) is 4.98 Å². The minimum absolute atomic E-state index is 0.108. The Morgan fingerprint density at radius 3 is 2.48 bits per heavy atom. The number of carbonyl (C=O) groups is 1. The number of fused-ring (bicyclic) bond motifs is 1. The largest absolute Gasteiger partial charge is 0.325 e. The van der Waals surface area contributed by atoms with Gasteiger partial charge in [0.15, 0.2) is 0 Å². The molecule has 1 heterocycles. The van der Waals surface area contributed by atoms with Crippen LogP contribution in [0.3, 0.4) is 0 Å². The normalized spacial score (nSPS) is 10.6. The van der Waals surface area contributed by atoms with E-state index >= 15 is 0 Å². The van der Waals surface area contributed by atoms with Crippen LogP contribution in [0, 0.1) is 39.0 Å². The van der Waals surface area contributed by atoms with E-state index in [-0.39, 0.29) is 11.7 Å². The van der Waals surface area contributed by atoms with Gasteiger partial charge in [-0.15, -0.1) is 0 Å². The first-order chi connectivity index (χ1) is 12.9. The number of benzene rings is 2. The second-order valence-corrected chi connectivity index (χ2v) is 7.67. The number of anilines is 1. The van der Waals surface area contributed by atoms with Crippen LogP contribution in [-0.2, 0) is 4.79 Å². The molecule has 1 amide bonds. The van der Waals surface area contributed by atoms with E-state index in [0.29, 0.717) is 10.6 Å². The van der Waals surface area contributed by atoms with Crippen molar-refractivity contribution in [3.05, 3.63) is 64.2 Å².